The fourth-order valence-corrected chi connectivity index (χ4v) is 1.83. The Bertz CT molecular complexity index is 88.7. The molecule has 0 rings (SSSR count). The minimum atomic E-state index is 0.0648. The third-order valence-electron chi connectivity index (χ3n) is 2.23. The molecule has 74 valence electrons. The number of nitrogens with zero attached hydrogens (tertiary/aromatic N) is 2. The summed E-state index contributed by atoms with van der Waals surface area (Å²) >= 11 is 6.27. The average molecular weight is 193 g/mol. The molecule has 0 bridgehead atoms. The Labute approximate surface area is 81.5 Å². The van der Waals surface area contributed by atoms with E-state index < -0.39 is 0 Å². The lowest BCUT2D eigenvalue weighted by Gasteiger charge is -2.33. The summed E-state index contributed by atoms with van der Waals surface area (Å²) in [6.07, 6.45) is 0. The van der Waals surface area contributed by atoms with Crippen LogP contribution >= 0.6 is 11.6 Å². The molecule has 2 nitrogen and oxygen atoms in total. The maximum absolute atomic E-state index is 6.27. The van der Waals surface area contributed by atoms with Crippen molar-refractivity contribution >= 4 is 11.6 Å². The standard InChI is InChI=1S/C9H21ClN2/c1-5-11(6-2)9(10)12(7-3)8-4/h9H,5-8H2,1-4H3. The molecular formula is C9H21ClN2. The van der Waals surface area contributed by atoms with Gasteiger partial charge in [0.05, 0.1) is 0 Å². The average Bonchev–Trinajstić information content (AvgIpc) is 2.09. The van der Waals surface area contributed by atoms with Gasteiger partial charge in [0.1, 0.15) is 5.62 Å². The summed E-state index contributed by atoms with van der Waals surface area (Å²) < 4.78 is 0. The third kappa shape index (κ3) is 3.30. The van der Waals surface area contributed by atoms with Crippen LogP contribution < -0.4 is 0 Å². The molecule has 0 heterocycles. The number of alkyl halides is 1. The van der Waals surface area contributed by atoms with E-state index in [1.165, 1.54) is 0 Å². The Hall–Kier alpha value is 0.210. The van der Waals surface area contributed by atoms with Gasteiger partial charge in [0.25, 0.3) is 0 Å². The molecule has 12 heavy (non-hydrogen) atoms. The third-order valence-corrected chi connectivity index (χ3v) is 2.78. The molecule has 0 unspecified atom stereocenters. The molecule has 0 aromatic rings. The van der Waals surface area contributed by atoms with Crippen molar-refractivity contribution in [3.63, 3.8) is 0 Å². The van der Waals surface area contributed by atoms with Crippen molar-refractivity contribution in [2.75, 3.05) is 26.2 Å². The first-order valence-corrected chi connectivity index (χ1v) is 5.26. The van der Waals surface area contributed by atoms with E-state index in [-0.39, 0.29) is 5.62 Å². The summed E-state index contributed by atoms with van der Waals surface area (Å²) in [6.45, 7) is 12.6. The number of halogens is 1. The van der Waals surface area contributed by atoms with Gasteiger partial charge in [0.2, 0.25) is 0 Å². The number of rotatable bonds is 6. The summed E-state index contributed by atoms with van der Waals surface area (Å²) in [6, 6.07) is 0. The molecule has 0 atom stereocenters. The summed E-state index contributed by atoms with van der Waals surface area (Å²) in [5.41, 5.74) is 0.0648. The highest BCUT2D eigenvalue weighted by atomic mass is 35.5. The predicted molar refractivity (Wildman–Crippen MR) is 55.5 cm³/mol. The van der Waals surface area contributed by atoms with Crippen LogP contribution in [-0.2, 0) is 0 Å². The fraction of sp³-hybridized carbons (Fsp3) is 1.00. The molecular weight excluding hydrogens is 172 g/mol. The molecule has 0 aliphatic heterocycles. The van der Waals surface area contributed by atoms with Crippen molar-refractivity contribution in [2.24, 2.45) is 0 Å². The Morgan fingerprint density at radius 3 is 1.25 bits per heavy atom. The van der Waals surface area contributed by atoms with Gasteiger partial charge in [-0.05, 0) is 26.2 Å². The SMILES string of the molecule is CCN(CC)C(Cl)N(CC)CC. The Morgan fingerprint density at radius 2 is 1.08 bits per heavy atom. The lowest BCUT2D eigenvalue weighted by molar-refractivity contribution is 0.118. The van der Waals surface area contributed by atoms with Gasteiger partial charge in [-0.25, -0.2) is 0 Å². The second-order valence-corrected chi connectivity index (χ2v) is 3.14. The summed E-state index contributed by atoms with van der Waals surface area (Å²) in [4.78, 5) is 4.49. The van der Waals surface area contributed by atoms with E-state index in [4.69, 9.17) is 11.6 Å². The largest absolute Gasteiger partial charge is 0.276 e. The molecule has 0 N–H and O–H groups in total. The highest BCUT2D eigenvalue weighted by molar-refractivity contribution is 6.20. The van der Waals surface area contributed by atoms with Crippen LogP contribution in [-0.4, -0.2) is 41.6 Å². The van der Waals surface area contributed by atoms with Crippen LogP contribution in [0.4, 0.5) is 0 Å². The molecule has 0 amide bonds. The molecule has 0 radical (unpaired) electrons. The fourth-order valence-electron chi connectivity index (χ4n) is 1.28. The van der Waals surface area contributed by atoms with Crippen LogP contribution in [0.5, 0.6) is 0 Å². The van der Waals surface area contributed by atoms with Crippen LogP contribution in [0.1, 0.15) is 27.7 Å². The van der Waals surface area contributed by atoms with Gasteiger partial charge in [-0.3, -0.25) is 9.80 Å². The van der Waals surface area contributed by atoms with Gasteiger partial charge in [0.15, 0.2) is 0 Å². The maximum Gasteiger partial charge on any atom is 0.140 e. The molecule has 0 saturated carbocycles. The minimum absolute atomic E-state index is 0.0648. The molecule has 0 aliphatic rings. The molecule has 0 aromatic heterocycles. The summed E-state index contributed by atoms with van der Waals surface area (Å²) in [5, 5.41) is 0. The highest BCUT2D eigenvalue weighted by Gasteiger charge is 2.17. The first kappa shape index (κ1) is 12.2. The van der Waals surface area contributed by atoms with Crippen LogP contribution in [0, 0.1) is 0 Å². The van der Waals surface area contributed by atoms with Crippen LogP contribution in [0.2, 0.25) is 0 Å². The molecule has 0 saturated heterocycles. The predicted octanol–water partition coefficient (Wildman–Crippen LogP) is 2.19. The Balaban J connectivity index is 4.02. The topological polar surface area (TPSA) is 6.48 Å². The van der Waals surface area contributed by atoms with Crippen molar-refractivity contribution in [2.45, 2.75) is 33.3 Å². The van der Waals surface area contributed by atoms with Crippen molar-refractivity contribution in [1.82, 2.24) is 9.80 Å². The van der Waals surface area contributed by atoms with Crippen LogP contribution in [0.3, 0.4) is 0 Å². The van der Waals surface area contributed by atoms with Crippen molar-refractivity contribution < 1.29 is 0 Å². The highest BCUT2D eigenvalue weighted by Crippen LogP contribution is 2.09. The van der Waals surface area contributed by atoms with Crippen LogP contribution in [0.25, 0.3) is 0 Å². The number of hydrogen-bond donors (Lipinski definition) is 0. The first-order chi connectivity index (χ1) is 5.71. The van der Waals surface area contributed by atoms with E-state index in [1.807, 2.05) is 0 Å². The molecule has 0 fully saturated rings. The monoisotopic (exact) mass is 192 g/mol. The number of hydrogen-bond acceptors (Lipinski definition) is 2. The zero-order valence-electron chi connectivity index (χ0n) is 8.68. The van der Waals surface area contributed by atoms with Crippen molar-refractivity contribution in [3.05, 3.63) is 0 Å². The van der Waals surface area contributed by atoms with E-state index >= 15 is 0 Å². The Morgan fingerprint density at radius 1 is 0.833 bits per heavy atom. The summed E-state index contributed by atoms with van der Waals surface area (Å²) in [5.74, 6) is 0. The quantitative estimate of drug-likeness (QED) is 0.362. The zero-order chi connectivity index (χ0) is 9.56. The van der Waals surface area contributed by atoms with Crippen LogP contribution in [0.15, 0.2) is 0 Å². The van der Waals surface area contributed by atoms with Gasteiger partial charge in [-0.2, -0.15) is 0 Å². The van der Waals surface area contributed by atoms with Gasteiger partial charge in [-0.15, -0.1) is 0 Å². The molecule has 3 heteroatoms. The van der Waals surface area contributed by atoms with E-state index in [2.05, 4.69) is 37.5 Å². The van der Waals surface area contributed by atoms with E-state index in [1.54, 1.807) is 0 Å². The van der Waals surface area contributed by atoms with Gasteiger partial charge in [-0.1, -0.05) is 39.3 Å². The molecule has 0 spiro atoms. The van der Waals surface area contributed by atoms with Crippen molar-refractivity contribution in [3.8, 4) is 0 Å². The maximum atomic E-state index is 6.27. The summed E-state index contributed by atoms with van der Waals surface area (Å²) in [7, 11) is 0. The van der Waals surface area contributed by atoms with Crippen molar-refractivity contribution in [1.29, 1.82) is 0 Å². The lowest BCUT2D eigenvalue weighted by atomic mass is 10.5. The second-order valence-electron chi connectivity index (χ2n) is 2.75. The normalized spacial score (nSPS) is 12.0. The zero-order valence-corrected chi connectivity index (χ0v) is 9.43. The second kappa shape index (κ2) is 6.70. The van der Waals surface area contributed by atoms with Gasteiger partial charge < -0.3 is 0 Å². The van der Waals surface area contributed by atoms with Gasteiger partial charge >= 0.3 is 0 Å². The van der Waals surface area contributed by atoms with E-state index in [0.29, 0.717) is 0 Å². The van der Waals surface area contributed by atoms with E-state index in [0.717, 1.165) is 26.2 Å². The lowest BCUT2D eigenvalue weighted by Crippen LogP contribution is -2.44. The first-order valence-electron chi connectivity index (χ1n) is 4.83. The molecule has 0 aromatic carbocycles. The smallest absolute Gasteiger partial charge is 0.140 e. The van der Waals surface area contributed by atoms with E-state index in [9.17, 15) is 0 Å². The molecule has 0 aliphatic carbocycles. The Kier molecular flexibility index (Phi) is 6.81. The minimum Gasteiger partial charge on any atom is -0.276 e. The van der Waals surface area contributed by atoms with Gasteiger partial charge in [0, 0.05) is 0 Å².